The number of nitrogens with zero attached hydrogens (tertiary/aromatic N) is 2. The van der Waals surface area contributed by atoms with E-state index in [1.807, 2.05) is 37.8 Å². The third kappa shape index (κ3) is 3.95. The van der Waals surface area contributed by atoms with Crippen molar-refractivity contribution in [1.82, 2.24) is 14.9 Å². The fraction of sp³-hybridized carbons (Fsp3) is 0.600. The van der Waals surface area contributed by atoms with E-state index in [4.69, 9.17) is 0 Å². The first-order chi connectivity index (χ1) is 6.92. The van der Waals surface area contributed by atoms with E-state index in [0.717, 1.165) is 5.16 Å². The molecule has 0 atom stereocenters. The molecule has 0 radical (unpaired) electrons. The van der Waals surface area contributed by atoms with E-state index < -0.39 is 0 Å². The fourth-order valence-corrected chi connectivity index (χ4v) is 1.74. The number of rotatable bonds is 3. The van der Waals surface area contributed by atoms with Gasteiger partial charge in [0.05, 0.1) is 0 Å². The van der Waals surface area contributed by atoms with Crippen LogP contribution in [0.15, 0.2) is 17.6 Å². The predicted molar refractivity (Wildman–Crippen MR) is 61.9 cm³/mol. The highest BCUT2D eigenvalue weighted by Crippen LogP contribution is 2.11. The monoisotopic (exact) mass is 227 g/mol. The van der Waals surface area contributed by atoms with Gasteiger partial charge in [0, 0.05) is 17.9 Å². The molecule has 15 heavy (non-hydrogen) atoms. The highest BCUT2D eigenvalue weighted by Gasteiger charge is 2.14. The average Bonchev–Trinajstić information content (AvgIpc) is 2.48. The van der Waals surface area contributed by atoms with E-state index in [-0.39, 0.29) is 11.4 Å². The number of carbonyl (C=O) groups excluding carboxylic acids is 1. The fourth-order valence-electron chi connectivity index (χ4n) is 1.22. The summed E-state index contributed by atoms with van der Waals surface area (Å²) in [4.78, 5) is 15.8. The quantitative estimate of drug-likeness (QED) is 0.796. The molecule has 1 aromatic rings. The van der Waals surface area contributed by atoms with Crippen molar-refractivity contribution in [3.05, 3.63) is 12.4 Å². The molecule has 1 N–H and O–H groups in total. The second kappa shape index (κ2) is 4.70. The van der Waals surface area contributed by atoms with Gasteiger partial charge >= 0.3 is 0 Å². The summed E-state index contributed by atoms with van der Waals surface area (Å²) in [5, 5.41) is 3.77. The lowest BCUT2D eigenvalue weighted by Crippen LogP contribution is -2.42. The van der Waals surface area contributed by atoms with Gasteiger partial charge in [0.25, 0.3) is 0 Å². The number of nitrogens with one attached hydrogen (secondary N) is 1. The maximum Gasteiger partial charge on any atom is 0.240 e. The molecule has 5 heteroatoms. The Morgan fingerprint density at radius 2 is 2.27 bits per heavy atom. The van der Waals surface area contributed by atoms with Crippen molar-refractivity contribution in [1.29, 1.82) is 0 Å². The van der Waals surface area contributed by atoms with Crippen LogP contribution in [0.1, 0.15) is 20.8 Å². The molecule has 0 fully saturated rings. The molecule has 0 saturated heterocycles. The van der Waals surface area contributed by atoms with Gasteiger partial charge in [-0.05, 0) is 27.0 Å². The van der Waals surface area contributed by atoms with E-state index in [9.17, 15) is 4.79 Å². The number of thioether (sulfide) groups is 1. The van der Waals surface area contributed by atoms with E-state index >= 15 is 0 Å². The Labute approximate surface area is 94.5 Å². The zero-order chi connectivity index (χ0) is 11.5. The van der Waals surface area contributed by atoms with Crippen LogP contribution in [0.2, 0.25) is 0 Å². The van der Waals surface area contributed by atoms with Crippen LogP contribution >= 0.6 is 11.8 Å². The number of aromatic nitrogens is 2. The van der Waals surface area contributed by atoms with Gasteiger partial charge in [0.1, 0.15) is 6.54 Å². The highest BCUT2D eigenvalue weighted by molar-refractivity contribution is 7.98. The minimum Gasteiger partial charge on any atom is -0.350 e. The number of hydrogen-bond donors (Lipinski definition) is 1. The smallest absolute Gasteiger partial charge is 0.240 e. The summed E-state index contributed by atoms with van der Waals surface area (Å²) >= 11 is 1.53. The molecule has 0 spiro atoms. The minimum atomic E-state index is -0.183. The van der Waals surface area contributed by atoms with Crippen molar-refractivity contribution in [2.45, 2.75) is 38.0 Å². The Kier molecular flexibility index (Phi) is 3.79. The van der Waals surface area contributed by atoms with Crippen LogP contribution < -0.4 is 5.32 Å². The zero-order valence-corrected chi connectivity index (χ0v) is 10.4. The zero-order valence-electron chi connectivity index (χ0n) is 9.57. The highest BCUT2D eigenvalue weighted by atomic mass is 32.2. The summed E-state index contributed by atoms with van der Waals surface area (Å²) in [5.74, 6) is 0.0100. The maximum atomic E-state index is 11.6. The van der Waals surface area contributed by atoms with Crippen LogP contribution in [-0.2, 0) is 11.3 Å². The molecule has 0 bridgehead atoms. The average molecular weight is 227 g/mol. The molecule has 0 aliphatic rings. The summed E-state index contributed by atoms with van der Waals surface area (Å²) in [7, 11) is 0. The Hall–Kier alpha value is -0.970. The van der Waals surface area contributed by atoms with Gasteiger partial charge in [-0.15, -0.1) is 0 Å². The van der Waals surface area contributed by atoms with Crippen molar-refractivity contribution in [3.8, 4) is 0 Å². The summed E-state index contributed by atoms with van der Waals surface area (Å²) in [6.07, 6.45) is 5.46. The maximum absolute atomic E-state index is 11.6. The second-order valence-electron chi connectivity index (χ2n) is 4.34. The van der Waals surface area contributed by atoms with Gasteiger partial charge in [-0.25, -0.2) is 4.98 Å². The first-order valence-corrected chi connectivity index (χ1v) is 6.01. The van der Waals surface area contributed by atoms with Gasteiger partial charge in [0.2, 0.25) is 5.91 Å². The molecule has 0 saturated carbocycles. The topological polar surface area (TPSA) is 46.9 Å². The number of imidazole rings is 1. The molecule has 4 nitrogen and oxygen atoms in total. The van der Waals surface area contributed by atoms with Crippen molar-refractivity contribution in [2.24, 2.45) is 0 Å². The van der Waals surface area contributed by atoms with Crippen LogP contribution in [-0.4, -0.2) is 27.3 Å². The van der Waals surface area contributed by atoms with Crippen LogP contribution in [0.5, 0.6) is 0 Å². The van der Waals surface area contributed by atoms with Crippen molar-refractivity contribution in [2.75, 3.05) is 6.26 Å². The Balaban J connectivity index is 2.59. The lowest BCUT2D eigenvalue weighted by molar-refractivity contribution is -0.123. The summed E-state index contributed by atoms with van der Waals surface area (Å²) in [5.41, 5.74) is -0.183. The number of hydrogen-bond acceptors (Lipinski definition) is 3. The van der Waals surface area contributed by atoms with E-state index in [1.165, 1.54) is 11.8 Å². The predicted octanol–water partition coefficient (Wildman–Crippen LogP) is 1.52. The van der Waals surface area contributed by atoms with E-state index in [1.54, 1.807) is 6.20 Å². The largest absolute Gasteiger partial charge is 0.350 e. The number of carbonyl (C=O) groups is 1. The second-order valence-corrected chi connectivity index (χ2v) is 5.11. The third-order valence-electron chi connectivity index (χ3n) is 1.69. The minimum absolute atomic E-state index is 0.0100. The molecule has 0 aliphatic carbocycles. The lowest BCUT2D eigenvalue weighted by atomic mass is 10.1. The molecule has 1 amide bonds. The molecular formula is C10H17N3OS. The molecular weight excluding hydrogens is 210 g/mol. The first kappa shape index (κ1) is 12.1. The summed E-state index contributed by atoms with van der Waals surface area (Å²) in [6, 6.07) is 0. The lowest BCUT2D eigenvalue weighted by Gasteiger charge is -2.20. The van der Waals surface area contributed by atoms with Crippen LogP contribution in [0.4, 0.5) is 0 Å². The van der Waals surface area contributed by atoms with Gasteiger partial charge in [0.15, 0.2) is 5.16 Å². The van der Waals surface area contributed by atoms with Crippen LogP contribution in [0, 0.1) is 0 Å². The van der Waals surface area contributed by atoms with Gasteiger partial charge in [-0.2, -0.15) is 0 Å². The molecule has 84 valence electrons. The third-order valence-corrected chi connectivity index (χ3v) is 2.39. The first-order valence-electron chi connectivity index (χ1n) is 4.78. The van der Waals surface area contributed by atoms with E-state index in [0.29, 0.717) is 6.54 Å². The van der Waals surface area contributed by atoms with Crippen molar-refractivity contribution < 1.29 is 4.79 Å². The molecule has 0 unspecified atom stereocenters. The van der Waals surface area contributed by atoms with Crippen LogP contribution in [0.25, 0.3) is 0 Å². The molecule has 0 aliphatic heterocycles. The SMILES string of the molecule is CSc1nccn1CC(=O)NC(C)(C)C. The summed E-state index contributed by atoms with van der Waals surface area (Å²) in [6.45, 7) is 6.23. The van der Waals surface area contributed by atoms with Gasteiger partial charge in [-0.1, -0.05) is 11.8 Å². The Morgan fingerprint density at radius 3 is 2.80 bits per heavy atom. The van der Waals surface area contributed by atoms with E-state index in [2.05, 4.69) is 10.3 Å². The van der Waals surface area contributed by atoms with Crippen LogP contribution in [0.3, 0.4) is 0 Å². The molecule has 0 aromatic carbocycles. The van der Waals surface area contributed by atoms with Crippen molar-refractivity contribution in [3.63, 3.8) is 0 Å². The van der Waals surface area contributed by atoms with Crippen molar-refractivity contribution >= 4 is 17.7 Å². The molecule has 1 heterocycles. The standard InChI is InChI=1S/C10H17N3OS/c1-10(2,3)12-8(14)7-13-6-5-11-9(13)15-4/h5-6H,7H2,1-4H3,(H,12,14). The van der Waals surface area contributed by atoms with Gasteiger partial charge < -0.3 is 9.88 Å². The summed E-state index contributed by atoms with van der Waals surface area (Å²) < 4.78 is 1.84. The molecule has 1 rings (SSSR count). The van der Waals surface area contributed by atoms with Gasteiger partial charge in [-0.3, -0.25) is 4.79 Å². The molecule has 1 aromatic heterocycles. The Morgan fingerprint density at radius 1 is 1.60 bits per heavy atom. The normalized spacial score (nSPS) is 11.5. The Bertz CT molecular complexity index is 341. The number of amides is 1.